The fraction of sp³-hybridized carbons (Fsp3) is 0.0851. The highest BCUT2D eigenvalue weighted by molar-refractivity contribution is 6.10. The molecule has 2 aromatic heterocycles. The molecule has 254 valence electrons. The zero-order chi connectivity index (χ0) is 35.5. The van der Waals surface area contributed by atoms with Crippen LogP contribution in [0.4, 0.5) is 0 Å². The van der Waals surface area contributed by atoms with Gasteiger partial charge in [0.1, 0.15) is 11.5 Å². The van der Waals surface area contributed by atoms with Crippen LogP contribution >= 0.6 is 0 Å². The number of methoxy groups -OCH3 is 2. The topological polar surface area (TPSA) is 62.1 Å². The zero-order valence-corrected chi connectivity index (χ0v) is 29.4. The van der Waals surface area contributed by atoms with Crippen LogP contribution in [0.15, 0.2) is 146 Å². The summed E-state index contributed by atoms with van der Waals surface area (Å²) in [5, 5.41) is 4.72. The Hall–Kier alpha value is -6.79. The number of fused-ring (bicyclic) bond motifs is 6. The van der Waals surface area contributed by atoms with Gasteiger partial charge >= 0.3 is 0 Å². The summed E-state index contributed by atoms with van der Waals surface area (Å²) in [7, 11) is 3.42. The number of hydrogen-bond donors (Lipinski definition) is 0. The van der Waals surface area contributed by atoms with Gasteiger partial charge in [-0.25, -0.2) is 15.0 Å². The lowest BCUT2D eigenvalue weighted by atomic mass is 9.84. The number of aromatic nitrogens is 4. The summed E-state index contributed by atoms with van der Waals surface area (Å²) in [6.45, 7) is 0. The minimum Gasteiger partial charge on any atom is -0.497 e. The number of rotatable bonds is 6. The standard InChI is InChI=1S/C47H34N4O2/c1-52-39-17-19-43-41(27-39)42-28-40(53-2)18-20-44(42)51(43)38-16-15-32-22-35-24-34-23-33(14-13-31(34)21-36(35)25-37(32)26-38)47-49-45(29-9-5-3-6-10-29)48-46(50-47)30-11-7-4-8-12-30/h3-20,22-23,25-28H,21,24H2,1-2H3. The monoisotopic (exact) mass is 686 g/mol. The van der Waals surface area contributed by atoms with Crippen molar-refractivity contribution >= 4 is 32.6 Å². The lowest BCUT2D eigenvalue weighted by molar-refractivity contribution is 0.415. The van der Waals surface area contributed by atoms with E-state index in [1.54, 1.807) is 14.2 Å². The molecule has 0 saturated heterocycles. The van der Waals surface area contributed by atoms with E-state index in [1.807, 2.05) is 72.8 Å². The van der Waals surface area contributed by atoms with Gasteiger partial charge in [-0.15, -0.1) is 0 Å². The van der Waals surface area contributed by atoms with Crippen molar-refractivity contribution in [2.75, 3.05) is 14.2 Å². The van der Waals surface area contributed by atoms with E-state index < -0.39 is 0 Å². The van der Waals surface area contributed by atoms with Crippen molar-refractivity contribution in [2.24, 2.45) is 0 Å². The average Bonchev–Trinajstić information content (AvgIpc) is 3.55. The molecule has 0 radical (unpaired) electrons. The third-order valence-electron chi connectivity index (χ3n) is 10.5. The van der Waals surface area contributed by atoms with Crippen LogP contribution in [0.3, 0.4) is 0 Å². The van der Waals surface area contributed by atoms with Gasteiger partial charge in [0.05, 0.1) is 25.3 Å². The van der Waals surface area contributed by atoms with Crippen LogP contribution in [0.25, 0.3) is 72.4 Å². The van der Waals surface area contributed by atoms with Gasteiger partial charge in [-0.05, 0) is 100 Å². The van der Waals surface area contributed by atoms with Crippen LogP contribution in [0.1, 0.15) is 22.3 Å². The maximum Gasteiger partial charge on any atom is 0.164 e. The molecule has 6 nitrogen and oxygen atoms in total. The van der Waals surface area contributed by atoms with Crippen LogP contribution in [0.2, 0.25) is 0 Å². The summed E-state index contributed by atoms with van der Waals surface area (Å²) in [5.41, 5.74) is 11.7. The molecule has 6 heteroatoms. The zero-order valence-electron chi connectivity index (χ0n) is 29.4. The Morgan fingerprint density at radius 1 is 0.434 bits per heavy atom. The van der Waals surface area contributed by atoms with Crippen LogP contribution in [0, 0.1) is 0 Å². The summed E-state index contributed by atoms with van der Waals surface area (Å²) in [6.07, 6.45) is 1.73. The molecule has 10 rings (SSSR count). The SMILES string of the molecule is COc1ccc2c(c1)c1cc(OC)ccc1n2-c1ccc2cc3c(cc2c1)Cc1ccc(-c2nc(-c4ccccc4)nc(-c4ccccc4)n2)cc1C3. The quantitative estimate of drug-likeness (QED) is 0.174. The molecule has 0 fully saturated rings. The molecule has 1 aliphatic rings. The van der Waals surface area contributed by atoms with E-state index in [0.29, 0.717) is 17.5 Å². The van der Waals surface area contributed by atoms with Crippen molar-refractivity contribution < 1.29 is 9.47 Å². The summed E-state index contributed by atoms with van der Waals surface area (Å²) in [4.78, 5) is 14.8. The first-order valence-electron chi connectivity index (χ1n) is 17.8. The summed E-state index contributed by atoms with van der Waals surface area (Å²) in [5.74, 6) is 3.69. The Balaban J connectivity index is 1.02. The Bertz CT molecular complexity index is 2740. The normalized spacial score (nSPS) is 12.2. The second kappa shape index (κ2) is 12.5. The van der Waals surface area contributed by atoms with E-state index in [-0.39, 0.29) is 0 Å². The molecule has 0 atom stereocenters. The van der Waals surface area contributed by atoms with Gasteiger partial charge in [0.25, 0.3) is 0 Å². The van der Waals surface area contributed by atoms with Crippen LogP contribution in [0.5, 0.6) is 11.5 Å². The predicted octanol–water partition coefficient (Wildman–Crippen LogP) is 10.6. The van der Waals surface area contributed by atoms with Gasteiger partial charge in [0, 0.05) is 33.2 Å². The van der Waals surface area contributed by atoms with Crippen molar-refractivity contribution in [1.29, 1.82) is 0 Å². The summed E-state index contributed by atoms with van der Waals surface area (Å²) >= 11 is 0. The maximum absolute atomic E-state index is 5.60. The van der Waals surface area contributed by atoms with E-state index in [4.69, 9.17) is 24.4 Å². The van der Waals surface area contributed by atoms with Gasteiger partial charge in [-0.3, -0.25) is 0 Å². The molecule has 0 spiro atoms. The lowest BCUT2D eigenvalue weighted by Gasteiger charge is -2.21. The highest BCUT2D eigenvalue weighted by Gasteiger charge is 2.20. The van der Waals surface area contributed by atoms with Gasteiger partial charge < -0.3 is 14.0 Å². The first-order valence-corrected chi connectivity index (χ1v) is 17.8. The molecule has 0 unspecified atom stereocenters. The van der Waals surface area contributed by atoms with Crippen molar-refractivity contribution in [3.63, 3.8) is 0 Å². The van der Waals surface area contributed by atoms with Crippen molar-refractivity contribution in [2.45, 2.75) is 12.8 Å². The van der Waals surface area contributed by atoms with E-state index in [1.165, 1.54) is 33.0 Å². The molecule has 53 heavy (non-hydrogen) atoms. The number of benzene rings is 7. The molecule has 0 aliphatic heterocycles. The van der Waals surface area contributed by atoms with Crippen molar-refractivity contribution in [3.05, 3.63) is 168 Å². The molecule has 2 heterocycles. The van der Waals surface area contributed by atoms with Gasteiger partial charge in [0.15, 0.2) is 17.5 Å². The number of hydrogen-bond acceptors (Lipinski definition) is 5. The Morgan fingerprint density at radius 2 is 0.962 bits per heavy atom. The molecule has 9 aromatic rings. The van der Waals surface area contributed by atoms with E-state index >= 15 is 0 Å². The Labute approximate surface area is 307 Å². The largest absolute Gasteiger partial charge is 0.497 e. The fourth-order valence-corrected chi connectivity index (χ4v) is 7.81. The summed E-state index contributed by atoms with van der Waals surface area (Å²) < 4.78 is 13.5. The molecule has 0 saturated carbocycles. The van der Waals surface area contributed by atoms with E-state index in [2.05, 4.69) is 77.4 Å². The summed E-state index contributed by atoms with van der Waals surface area (Å²) in [6, 6.07) is 51.1. The van der Waals surface area contributed by atoms with Crippen LogP contribution < -0.4 is 9.47 Å². The predicted molar refractivity (Wildman–Crippen MR) is 213 cm³/mol. The maximum atomic E-state index is 5.60. The van der Waals surface area contributed by atoms with Crippen LogP contribution in [-0.4, -0.2) is 33.7 Å². The fourth-order valence-electron chi connectivity index (χ4n) is 7.81. The second-order valence-corrected chi connectivity index (χ2v) is 13.6. The number of nitrogens with zero attached hydrogens (tertiary/aromatic N) is 4. The van der Waals surface area contributed by atoms with Gasteiger partial charge in [-0.1, -0.05) is 91.0 Å². The van der Waals surface area contributed by atoms with Crippen LogP contribution in [-0.2, 0) is 12.8 Å². The first kappa shape index (κ1) is 31.0. The highest BCUT2D eigenvalue weighted by Crippen LogP contribution is 2.38. The third-order valence-corrected chi connectivity index (χ3v) is 10.5. The molecule has 0 amide bonds. The van der Waals surface area contributed by atoms with Gasteiger partial charge in [-0.2, -0.15) is 0 Å². The molecule has 1 aliphatic carbocycles. The molecule has 0 bridgehead atoms. The average molecular weight is 687 g/mol. The van der Waals surface area contributed by atoms with E-state index in [9.17, 15) is 0 Å². The third kappa shape index (κ3) is 5.38. The molecular formula is C47H34N4O2. The minimum atomic E-state index is 0.670. The molecular weight excluding hydrogens is 653 g/mol. The molecule has 0 N–H and O–H groups in total. The smallest absolute Gasteiger partial charge is 0.164 e. The van der Waals surface area contributed by atoms with Crippen molar-refractivity contribution in [1.82, 2.24) is 19.5 Å². The first-order chi connectivity index (χ1) is 26.1. The highest BCUT2D eigenvalue weighted by atomic mass is 16.5. The Kier molecular flexibility index (Phi) is 7.29. The second-order valence-electron chi connectivity index (χ2n) is 13.6. The number of ether oxygens (including phenoxy) is 2. The minimum absolute atomic E-state index is 0.670. The van der Waals surface area contributed by atoms with Gasteiger partial charge in [0.2, 0.25) is 0 Å². The lowest BCUT2D eigenvalue weighted by Crippen LogP contribution is -2.08. The molecule has 7 aromatic carbocycles. The van der Waals surface area contributed by atoms with E-state index in [0.717, 1.165) is 68.5 Å². The Morgan fingerprint density at radius 3 is 1.55 bits per heavy atom. The van der Waals surface area contributed by atoms with Crippen molar-refractivity contribution in [3.8, 4) is 51.3 Å².